The first-order valence-corrected chi connectivity index (χ1v) is 8.09. The highest BCUT2D eigenvalue weighted by atomic mass is 16.5. The van der Waals surface area contributed by atoms with Gasteiger partial charge in [0.05, 0.1) is 19.3 Å². The van der Waals surface area contributed by atoms with Crippen molar-refractivity contribution in [2.24, 2.45) is 5.92 Å². The number of amides is 1. The third kappa shape index (κ3) is 3.93. The predicted molar refractivity (Wildman–Crippen MR) is 79.7 cm³/mol. The molecular formula is C15H29N3O2. The lowest BCUT2D eigenvalue weighted by Crippen LogP contribution is -2.56. The maximum Gasteiger partial charge on any atom is 0.237 e. The van der Waals surface area contributed by atoms with Crippen molar-refractivity contribution in [3.8, 4) is 0 Å². The Bertz CT molecular complexity index is 295. The molecule has 2 saturated heterocycles. The van der Waals surface area contributed by atoms with E-state index >= 15 is 0 Å². The number of rotatable bonds is 6. The maximum absolute atomic E-state index is 12.7. The summed E-state index contributed by atoms with van der Waals surface area (Å²) in [6.07, 6.45) is 3.15. The number of nitrogens with one attached hydrogen (secondary N) is 2. The highest BCUT2D eigenvalue weighted by Crippen LogP contribution is 2.20. The molecule has 0 aliphatic carbocycles. The second kappa shape index (κ2) is 7.96. The molecule has 2 fully saturated rings. The molecule has 2 aliphatic rings. The van der Waals surface area contributed by atoms with Crippen molar-refractivity contribution < 1.29 is 9.53 Å². The summed E-state index contributed by atoms with van der Waals surface area (Å²) in [5, 5.41) is 6.55. The second-order valence-electron chi connectivity index (χ2n) is 5.87. The van der Waals surface area contributed by atoms with Crippen LogP contribution in [0.2, 0.25) is 0 Å². The number of carbonyl (C=O) groups is 1. The van der Waals surface area contributed by atoms with Crippen molar-refractivity contribution in [3.05, 3.63) is 0 Å². The molecule has 0 radical (unpaired) electrons. The van der Waals surface area contributed by atoms with E-state index in [1.165, 1.54) is 0 Å². The minimum atomic E-state index is 0.00880. The first-order chi connectivity index (χ1) is 9.76. The largest absolute Gasteiger partial charge is 0.379 e. The zero-order valence-electron chi connectivity index (χ0n) is 12.9. The van der Waals surface area contributed by atoms with Crippen molar-refractivity contribution in [2.75, 3.05) is 39.4 Å². The molecule has 2 N–H and O–H groups in total. The third-order valence-electron chi connectivity index (χ3n) is 4.61. The fourth-order valence-electron chi connectivity index (χ4n) is 3.33. The molecule has 2 rings (SSSR count). The Morgan fingerprint density at radius 1 is 1.35 bits per heavy atom. The molecule has 0 aromatic rings. The first kappa shape index (κ1) is 15.7. The maximum atomic E-state index is 12.7. The van der Waals surface area contributed by atoms with E-state index in [0.717, 1.165) is 58.7 Å². The van der Waals surface area contributed by atoms with Crippen molar-refractivity contribution in [2.45, 2.75) is 45.2 Å². The van der Waals surface area contributed by atoms with Gasteiger partial charge in [-0.3, -0.25) is 9.69 Å². The van der Waals surface area contributed by atoms with Crippen molar-refractivity contribution >= 4 is 5.91 Å². The van der Waals surface area contributed by atoms with E-state index in [1.807, 2.05) is 0 Å². The van der Waals surface area contributed by atoms with E-state index in [-0.39, 0.29) is 11.9 Å². The van der Waals surface area contributed by atoms with Crippen LogP contribution in [-0.2, 0) is 9.53 Å². The normalized spacial score (nSPS) is 25.9. The van der Waals surface area contributed by atoms with E-state index in [9.17, 15) is 4.79 Å². The molecular weight excluding hydrogens is 254 g/mol. The Morgan fingerprint density at radius 2 is 2.05 bits per heavy atom. The number of hydrogen-bond acceptors (Lipinski definition) is 4. The quantitative estimate of drug-likeness (QED) is 0.749. The topological polar surface area (TPSA) is 53.6 Å². The summed E-state index contributed by atoms with van der Waals surface area (Å²) in [6, 6.07) is 0.315. The van der Waals surface area contributed by atoms with E-state index in [1.54, 1.807) is 0 Å². The van der Waals surface area contributed by atoms with E-state index in [2.05, 4.69) is 29.4 Å². The first-order valence-electron chi connectivity index (χ1n) is 8.09. The van der Waals surface area contributed by atoms with Gasteiger partial charge in [-0.1, -0.05) is 26.7 Å². The van der Waals surface area contributed by atoms with Gasteiger partial charge in [0, 0.05) is 25.7 Å². The number of nitrogens with zero attached hydrogens (tertiary/aromatic N) is 1. The summed E-state index contributed by atoms with van der Waals surface area (Å²) >= 11 is 0. The Balaban J connectivity index is 2.01. The number of carbonyl (C=O) groups excluding carboxylic acids is 1. The minimum absolute atomic E-state index is 0.00880. The molecule has 2 unspecified atom stereocenters. The molecule has 20 heavy (non-hydrogen) atoms. The van der Waals surface area contributed by atoms with Gasteiger partial charge < -0.3 is 15.4 Å². The van der Waals surface area contributed by atoms with E-state index in [4.69, 9.17) is 4.74 Å². The molecule has 0 aromatic heterocycles. The van der Waals surface area contributed by atoms with Crippen LogP contribution < -0.4 is 10.6 Å². The summed E-state index contributed by atoms with van der Waals surface area (Å²) in [7, 11) is 0. The van der Waals surface area contributed by atoms with Crippen LogP contribution in [0.25, 0.3) is 0 Å². The smallest absolute Gasteiger partial charge is 0.237 e. The zero-order chi connectivity index (χ0) is 14.4. The predicted octanol–water partition coefficient (Wildman–Crippen LogP) is 0.602. The van der Waals surface area contributed by atoms with Crippen LogP contribution in [-0.4, -0.2) is 62.3 Å². The van der Waals surface area contributed by atoms with Crippen LogP contribution in [0.1, 0.15) is 33.1 Å². The summed E-state index contributed by atoms with van der Waals surface area (Å²) in [5.41, 5.74) is 0. The molecule has 0 spiro atoms. The second-order valence-corrected chi connectivity index (χ2v) is 5.87. The Morgan fingerprint density at radius 3 is 2.60 bits per heavy atom. The SMILES string of the molecule is CCC(CC)C(C(=O)NC1CCNC1)N1CCOCC1. The van der Waals surface area contributed by atoms with Gasteiger partial charge >= 0.3 is 0 Å². The van der Waals surface area contributed by atoms with Gasteiger partial charge in [-0.05, 0) is 18.9 Å². The van der Waals surface area contributed by atoms with Crippen LogP contribution in [0.3, 0.4) is 0 Å². The molecule has 0 bridgehead atoms. The number of ether oxygens (including phenoxy) is 1. The van der Waals surface area contributed by atoms with Crippen molar-refractivity contribution in [1.29, 1.82) is 0 Å². The van der Waals surface area contributed by atoms with Gasteiger partial charge in [-0.15, -0.1) is 0 Å². The summed E-state index contributed by atoms with van der Waals surface area (Å²) in [5.74, 6) is 0.650. The number of morpholine rings is 1. The van der Waals surface area contributed by atoms with E-state index in [0.29, 0.717) is 12.0 Å². The molecule has 2 heterocycles. The average molecular weight is 283 g/mol. The lowest BCUT2D eigenvalue weighted by Gasteiger charge is -2.38. The molecule has 116 valence electrons. The van der Waals surface area contributed by atoms with Crippen LogP contribution in [0, 0.1) is 5.92 Å². The molecule has 2 aliphatic heterocycles. The highest BCUT2D eigenvalue weighted by molar-refractivity contribution is 5.82. The van der Waals surface area contributed by atoms with Gasteiger partial charge in [-0.2, -0.15) is 0 Å². The number of hydrogen-bond donors (Lipinski definition) is 2. The molecule has 0 saturated carbocycles. The summed E-state index contributed by atoms with van der Waals surface area (Å²) < 4.78 is 5.43. The van der Waals surface area contributed by atoms with Crippen LogP contribution in [0.15, 0.2) is 0 Å². The summed E-state index contributed by atoms with van der Waals surface area (Å²) in [6.45, 7) is 9.53. The van der Waals surface area contributed by atoms with Crippen molar-refractivity contribution in [1.82, 2.24) is 15.5 Å². The third-order valence-corrected chi connectivity index (χ3v) is 4.61. The van der Waals surface area contributed by atoms with E-state index < -0.39 is 0 Å². The van der Waals surface area contributed by atoms with Gasteiger partial charge in [0.1, 0.15) is 0 Å². The zero-order valence-corrected chi connectivity index (χ0v) is 12.9. The Labute approximate surface area is 122 Å². The Hall–Kier alpha value is -0.650. The molecule has 2 atom stereocenters. The minimum Gasteiger partial charge on any atom is -0.379 e. The van der Waals surface area contributed by atoms with Gasteiger partial charge in [0.2, 0.25) is 5.91 Å². The van der Waals surface area contributed by atoms with Crippen LogP contribution in [0.4, 0.5) is 0 Å². The molecule has 0 aromatic carbocycles. The fourth-order valence-corrected chi connectivity index (χ4v) is 3.33. The lowest BCUT2D eigenvalue weighted by molar-refractivity contribution is -0.131. The highest BCUT2D eigenvalue weighted by Gasteiger charge is 2.34. The van der Waals surface area contributed by atoms with Crippen molar-refractivity contribution in [3.63, 3.8) is 0 Å². The lowest BCUT2D eigenvalue weighted by atomic mass is 9.91. The molecule has 5 heteroatoms. The average Bonchev–Trinajstić information content (AvgIpc) is 2.98. The van der Waals surface area contributed by atoms with Crippen LogP contribution >= 0.6 is 0 Å². The molecule has 5 nitrogen and oxygen atoms in total. The van der Waals surface area contributed by atoms with Crippen LogP contribution in [0.5, 0.6) is 0 Å². The van der Waals surface area contributed by atoms with Gasteiger partial charge in [0.15, 0.2) is 0 Å². The monoisotopic (exact) mass is 283 g/mol. The van der Waals surface area contributed by atoms with Gasteiger partial charge in [-0.25, -0.2) is 0 Å². The Kier molecular flexibility index (Phi) is 6.26. The summed E-state index contributed by atoms with van der Waals surface area (Å²) in [4.78, 5) is 15.1. The molecule has 1 amide bonds. The standard InChI is InChI=1S/C15H29N3O2/c1-3-12(4-2)14(18-7-9-20-10-8-18)15(19)17-13-5-6-16-11-13/h12-14,16H,3-11H2,1-2H3,(H,17,19). The fraction of sp³-hybridized carbons (Fsp3) is 0.933. The van der Waals surface area contributed by atoms with Gasteiger partial charge in [0.25, 0.3) is 0 Å².